The van der Waals surface area contributed by atoms with Crippen molar-refractivity contribution in [2.45, 2.75) is 51.8 Å². The van der Waals surface area contributed by atoms with Crippen LogP contribution in [0.15, 0.2) is 24.3 Å². The normalized spacial score (nSPS) is 31.9. The Balaban J connectivity index is 1.76. The molecule has 23 heavy (non-hydrogen) atoms. The molecule has 2 bridgehead atoms. The summed E-state index contributed by atoms with van der Waals surface area (Å²) < 4.78 is 28.1. The Bertz CT molecular complexity index is 763. The maximum Gasteiger partial charge on any atom is 0.216 e. The Kier molecular flexibility index (Phi) is 3.81. The average molecular weight is 332 g/mol. The summed E-state index contributed by atoms with van der Waals surface area (Å²) in [5.41, 5.74) is 1.36. The first kappa shape index (κ1) is 16.5. The highest BCUT2D eigenvalue weighted by atomic mass is 32.2. The van der Waals surface area contributed by atoms with Crippen molar-refractivity contribution >= 4 is 10.0 Å². The number of benzene rings is 1. The zero-order chi connectivity index (χ0) is 16.9. The van der Waals surface area contributed by atoms with E-state index in [4.69, 9.17) is 5.26 Å². The van der Waals surface area contributed by atoms with E-state index in [9.17, 15) is 8.42 Å². The third kappa shape index (κ3) is 2.68. The van der Waals surface area contributed by atoms with E-state index in [-0.39, 0.29) is 22.6 Å². The zero-order valence-electron chi connectivity index (χ0n) is 14.0. The van der Waals surface area contributed by atoms with Crippen molar-refractivity contribution in [3.63, 3.8) is 0 Å². The first-order valence-electron chi connectivity index (χ1n) is 8.17. The number of sulfonamides is 1. The van der Waals surface area contributed by atoms with Gasteiger partial charge in [-0.25, -0.2) is 13.1 Å². The summed E-state index contributed by atoms with van der Waals surface area (Å²) in [6.07, 6.45) is 3.22. The Morgan fingerprint density at radius 3 is 2.65 bits per heavy atom. The fourth-order valence-electron chi connectivity index (χ4n) is 4.59. The average Bonchev–Trinajstić information content (AvgIpc) is 2.79. The lowest BCUT2D eigenvalue weighted by Gasteiger charge is -2.39. The molecule has 2 saturated carbocycles. The molecule has 0 spiro atoms. The SMILES string of the molecule is CC1(C)C2CCC1(C)C(NS(=O)(=O)Cc1cccc(C#N)c1)C2. The van der Waals surface area contributed by atoms with Crippen molar-refractivity contribution in [3.8, 4) is 6.07 Å². The van der Waals surface area contributed by atoms with E-state index in [1.165, 1.54) is 6.42 Å². The van der Waals surface area contributed by atoms with Gasteiger partial charge >= 0.3 is 0 Å². The zero-order valence-corrected chi connectivity index (χ0v) is 14.8. The van der Waals surface area contributed by atoms with Gasteiger partial charge in [-0.1, -0.05) is 32.9 Å². The number of hydrogen-bond donors (Lipinski definition) is 1. The highest BCUT2D eigenvalue weighted by molar-refractivity contribution is 7.88. The fraction of sp³-hybridized carbons (Fsp3) is 0.611. The maximum atomic E-state index is 12.6. The van der Waals surface area contributed by atoms with E-state index in [1.54, 1.807) is 24.3 Å². The van der Waals surface area contributed by atoms with Crippen LogP contribution >= 0.6 is 0 Å². The summed E-state index contributed by atoms with van der Waals surface area (Å²) >= 11 is 0. The van der Waals surface area contributed by atoms with E-state index in [0.717, 1.165) is 12.8 Å². The second-order valence-electron chi connectivity index (χ2n) is 7.85. The van der Waals surface area contributed by atoms with Gasteiger partial charge < -0.3 is 0 Å². The predicted octanol–water partition coefficient (Wildman–Crippen LogP) is 3.19. The molecule has 2 fully saturated rings. The maximum absolute atomic E-state index is 12.6. The predicted molar refractivity (Wildman–Crippen MR) is 89.9 cm³/mol. The van der Waals surface area contributed by atoms with Gasteiger partial charge in [0.1, 0.15) is 0 Å². The number of fused-ring (bicyclic) bond motifs is 2. The lowest BCUT2D eigenvalue weighted by atomic mass is 9.69. The van der Waals surface area contributed by atoms with Gasteiger partial charge in [0, 0.05) is 6.04 Å². The van der Waals surface area contributed by atoms with Crippen LogP contribution in [0.4, 0.5) is 0 Å². The first-order valence-corrected chi connectivity index (χ1v) is 9.82. The molecule has 0 aromatic heterocycles. The molecule has 5 heteroatoms. The molecule has 3 atom stereocenters. The van der Waals surface area contributed by atoms with E-state index >= 15 is 0 Å². The minimum Gasteiger partial charge on any atom is -0.212 e. The quantitative estimate of drug-likeness (QED) is 0.920. The molecule has 2 aliphatic carbocycles. The fourth-order valence-corrected chi connectivity index (χ4v) is 6.08. The molecule has 0 heterocycles. The third-order valence-corrected chi connectivity index (χ3v) is 7.89. The van der Waals surface area contributed by atoms with Crippen LogP contribution < -0.4 is 4.72 Å². The van der Waals surface area contributed by atoms with E-state index < -0.39 is 10.0 Å². The van der Waals surface area contributed by atoms with Crippen molar-refractivity contribution in [1.82, 2.24) is 4.72 Å². The molecule has 1 N–H and O–H groups in total. The minimum atomic E-state index is -3.41. The summed E-state index contributed by atoms with van der Waals surface area (Å²) in [5, 5.41) is 8.94. The summed E-state index contributed by atoms with van der Waals surface area (Å²) in [4.78, 5) is 0. The van der Waals surface area contributed by atoms with Crippen molar-refractivity contribution in [2.24, 2.45) is 16.7 Å². The molecule has 0 radical (unpaired) electrons. The molecule has 2 aliphatic rings. The molecule has 3 unspecified atom stereocenters. The van der Waals surface area contributed by atoms with Gasteiger partial charge in [0.25, 0.3) is 0 Å². The second-order valence-corrected chi connectivity index (χ2v) is 9.61. The molecular formula is C18H24N2O2S. The number of nitriles is 1. The van der Waals surface area contributed by atoms with Crippen LogP contribution in [0.3, 0.4) is 0 Å². The number of hydrogen-bond acceptors (Lipinski definition) is 3. The van der Waals surface area contributed by atoms with Gasteiger partial charge in [0.2, 0.25) is 10.0 Å². The van der Waals surface area contributed by atoms with E-state index in [1.807, 2.05) is 6.07 Å². The van der Waals surface area contributed by atoms with E-state index in [2.05, 4.69) is 25.5 Å². The van der Waals surface area contributed by atoms with E-state index in [0.29, 0.717) is 17.0 Å². The molecule has 0 saturated heterocycles. The molecule has 1 aromatic rings. The van der Waals surface area contributed by atoms with Crippen LogP contribution in [0.1, 0.15) is 51.2 Å². The third-order valence-electron chi connectivity index (χ3n) is 6.53. The highest BCUT2D eigenvalue weighted by Crippen LogP contribution is 2.65. The Labute approximate surface area is 139 Å². The smallest absolute Gasteiger partial charge is 0.212 e. The topological polar surface area (TPSA) is 70.0 Å². The number of nitrogens with zero attached hydrogens (tertiary/aromatic N) is 1. The highest BCUT2D eigenvalue weighted by Gasteiger charge is 2.61. The van der Waals surface area contributed by atoms with Crippen LogP contribution in [0, 0.1) is 28.1 Å². The Hall–Kier alpha value is -1.38. The van der Waals surface area contributed by atoms with Crippen molar-refractivity contribution in [1.29, 1.82) is 5.26 Å². The summed E-state index contributed by atoms with van der Waals surface area (Å²) in [7, 11) is -3.41. The molecule has 1 aromatic carbocycles. The van der Waals surface area contributed by atoms with Crippen molar-refractivity contribution < 1.29 is 8.42 Å². The van der Waals surface area contributed by atoms with Gasteiger partial charge in [-0.15, -0.1) is 0 Å². The summed E-state index contributed by atoms with van der Waals surface area (Å²) in [6, 6.07) is 8.88. The lowest BCUT2D eigenvalue weighted by molar-refractivity contribution is 0.130. The monoisotopic (exact) mass is 332 g/mol. The number of nitrogens with one attached hydrogen (secondary N) is 1. The van der Waals surface area contributed by atoms with Crippen LogP contribution in [-0.2, 0) is 15.8 Å². The largest absolute Gasteiger partial charge is 0.216 e. The van der Waals surface area contributed by atoms with Crippen LogP contribution in [0.5, 0.6) is 0 Å². The van der Waals surface area contributed by atoms with Crippen LogP contribution in [0.25, 0.3) is 0 Å². The minimum absolute atomic E-state index is 0.0143. The van der Waals surface area contributed by atoms with Gasteiger partial charge in [0.15, 0.2) is 0 Å². The van der Waals surface area contributed by atoms with Gasteiger partial charge in [-0.05, 0) is 53.7 Å². The summed E-state index contributed by atoms with van der Waals surface area (Å²) in [5.74, 6) is 0.530. The molecule has 3 rings (SSSR count). The Morgan fingerprint density at radius 1 is 1.35 bits per heavy atom. The van der Waals surface area contributed by atoms with Crippen LogP contribution in [0.2, 0.25) is 0 Å². The van der Waals surface area contributed by atoms with Crippen LogP contribution in [-0.4, -0.2) is 14.5 Å². The van der Waals surface area contributed by atoms with Gasteiger partial charge in [-0.2, -0.15) is 5.26 Å². The molecule has 0 amide bonds. The Morgan fingerprint density at radius 2 is 2.09 bits per heavy atom. The van der Waals surface area contributed by atoms with Gasteiger partial charge in [0.05, 0.1) is 17.4 Å². The van der Waals surface area contributed by atoms with Gasteiger partial charge in [-0.3, -0.25) is 0 Å². The molecule has 4 nitrogen and oxygen atoms in total. The summed E-state index contributed by atoms with van der Waals surface area (Å²) in [6.45, 7) is 6.77. The number of rotatable bonds is 4. The molecule has 0 aliphatic heterocycles. The standard InChI is InChI=1S/C18H24N2O2S/c1-17(2)15-7-8-18(17,3)16(10-15)20-23(21,22)12-14-6-4-5-13(9-14)11-19/h4-6,9,15-16,20H,7-8,10,12H2,1-3H3. The van der Waals surface area contributed by atoms with Crippen molar-refractivity contribution in [2.75, 3.05) is 0 Å². The molecular weight excluding hydrogens is 308 g/mol. The van der Waals surface area contributed by atoms with Crippen molar-refractivity contribution in [3.05, 3.63) is 35.4 Å². The first-order chi connectivity index (χ1) is 10.7. The lowest BCUT2D eigenvalue weighted by Crippen LogP contribution is -2.47. The second kappa shape index (κ2) is 5.32. The molecule has 124 valence electrons.